The van der Waals surface area contributed by atoms with Crippen LogP contribution in [0.3, 0.4) is 0 Å². The monoisotopic (exact) mass is 221 g/mol. The molecule has 15 heavy (non-hydrogen) atoms. The Morgan fingerprint density at radius 2 is 2.27 bits per heavy atom. The highest BCUT2D eigenvalue weighted by Crippen LogP contribution is 2.25. The van der Waals surface area contributed by atoms with Crippen molar-refractivity contribution in [2.45, 2.75) is 6.92 Å². The van der Waals surface area contributed by atoms with Crippen molar-refractivity contribution in [1.29, 1.82) is 0 Å². The molecule has 1 aromatic carbocycles. The lowest BCUT2D eigenvalue weighted by Crippen LogP contribution is -2.17. The molecule has 0 bridgehead atoms. The average molecular weight is 222 g/mol. The Labute approximate surface area is 94.8 Å². The number of nitrogens with zero attached hydrogens (tertiary/aromatic N) is 1. The lowest BCUT2D eigenvalue weighted by atomic mass is 10.1. The summed E-state index contributed by atoms with van der Waals surface area (Å²) in [5.74, 6) is 2.53. The van der Waals surface area contributed by atoms with Crippen molar-refractivity contribution in [3.05, 3.63) is 28.8 Å². The van der Waals surface area contributed by atoms with Gasteiger partial charge in [0.1, 0.15) is 0 Å². The number of hydrogen-bond donors (Lipinski definition) is 0. The van der Waals surface area contributed by atoms with Crippen LogP contribution in [0.1, 0.15) is 17.3 Å². The predicted octanol–water partition coefficient (Wildman–Crippen LogP) is 2.61. The van der Waals surface area contributed by atoms with Gasteiger partial charge in [-0.2, -0.15) is 0 Å². The van der Waals surface area contributed by atoms with E-state index < -0.39 is 0 Å². The number of halogens is 1. The first-order valence-electron chi connectivity index (χ1n) is 4.51. The molecule has 0 aromatic heterocycles. The average Bonchev–Trinajstić information content (AvgIpc) is 2.17. The Kier molecular flexibility index (Phi) is 3.76. The van der Waals surface area contributed by atoms with Gasteiger partial charge in [0.25, 0.3) is 0 Å². The third-order valence-corrected chi connectivity index (χ3v) is 2.40. The molecule has 0 N–H and O–H groups in total. The zero-order valence-electron chi connectivity index (χ0n) is 8.75. The molecule has 0 heterocycles. The fourth-order valence-electron chi connectivity index (χ4n) is 1.26. The number of Topliss-reactive ketones (excluding diaryl/α,β-unsaturated/α-hetero) is 1. The minimum atomic E-state index is 0.00283. The molecule has 0 atom stereocenters. The highest BCUT2D eigenvalue weighted by Gasteiger charge is 2.07. The molecule has 1 rings (SSSR count). The Morgan fingerprint density at radius 3 is 2.73 bits per heavy atom. The molecule has 0 radical (unpaired) electrons. The van der Waals surface area contributed by atoms with Gasteiger partial charge >= 0.3 is 0 Å². The number of ketones is 1. The van der Waals surface area contributed by atoms with E-state index in [2.05, 4.69) is 5.92 Å². The van der Waals surface area contributed by atoms with E-state index in [0.717, 1.165) is 5.69 Å². The van der Waals surface area contributed by atoms with Crippen LogP contribution in [-0.4, -0.2) is 19.4 Å². The molecular formula is C12H12ClNO. The minimum Gasteiger partial charge on any atom is -0.362 e. The second kappa shape index (κ2) is 4.86. The lowest BCUT2D eigenvalue weighted by molar-refractivity contribution is 0.101. The van der Waals surface area contributed by atoms with Gasteiger partial charge in [0.2, 0.25) is 0 Å². The van der Waals surface area contributed by atoms with Crippen molar-refractivity contribution in [2.75, 3.05) is 18.5 Å². The van der Waals surface area contributed by atoms with Gasteiger partial charge in [-0.1, -0.05) is 17.5 Å². The van der Waals surface area contributed by atoms with Gasteiger partial charge < -0.3 is 4.90 Å². The van der Waals surface area contributed by atoms with E-state index in [0.29, 0.717) is 17.1 Å². The van der Waals surface area contributed by atoms with Gasteiger partial charge in [0.05, 0.1) is 17.3 Å². The smallest absolute Gasteiger partial charge is 0.159 e. The summed E-state index contributed by atoms with van der Waals surface area (Å²) in [5, 5.41) is 0.542. The molecule has 78 valence electrons. The quantitative estimate of drug-likeness (QED) is 0.578. The molecule has 0 amide bonds. The van der Waals surface area contributed by atoms with Crippen molar-refractivity contribution in [3.8, 4) is 12.3 Å². The van der Waals surface area contributed by atoms with Crippen LogP contribution >= 0.6 is 11.6 Å². The number of anilines is 1. The maximum Gasteiger partial charge on any atom is 0.159 e. The molecule has 0 spiro atoms. The fourth-order valence-corrected chi connectivity index (χ4v) is 1.58. The first-order valence-corrected chi connectivity index (χ1v) is 4.89. The van der Waals surface area contributed by atoms with Gasteiger partial charge in [-0.3, -0.25) is 4.79 Å². The highest BCUT2D eigenvalue weighted by molar-refractivity contribution is 6.33. The van der Waals surface area contributed by atoms with E-state index in [1.54, 1.807) is 18.2 Å². The molecule has 1 aromatic rings. The summed E-state index contributed by atoms with van der Waals surface area (Å²) in [5.41, 5.74) is 1.44. The summed E-state index contributed by atoms with van der Waals surface area (Å²) in [6.07, 6.45) is 5.21. The van der Waals surface area contributed by atoms with E-state index in [9.17, 15) is 4.79 Å². The second-order valence-electron chi connectivity index (χ2n) is 3.28. The largest absolute Gasteiger partial charge is 0.362 e. The van der Waals surface area contributed by atoms with Crippen LogP contribution in [0.4, 0.5) is 5.69 Å². The van der Waals surface area contributed by atoms with Crippen LogP contribution in [0.25, 0.3) is 0 Å². The Morgan fingerprint density at radius 1 is 1.60 bits per heavy atom. The van der Waals surface area contributed by atoms with Crippen LogP contribution in [-0.2, 0) is 0 Å². The maximum atomic E-state index is 11.1. The lowest BCUT2D eigenvalue weighted by Gasteiger charge is -2.17. The zero-order chi connectivity index (χ0) is 11.4. The fraction of sp³-hybridized carbons (Fsp3) is 0.250. The minimum absolute atomic E-state index is 0.00283. The van der Waals surface area contributed by atoms with Crippen molar-refractivity contribution in [3.63, 3.8) is 0 Å². The van der Waals surface area contributed by atoms with Crippen molar-refractivity contribution in [1.82, 2.24) is 0 Å². The molecular weight excluding hydrogens is 210 g/mol. The first kappa shape index (κ1) is 11.6. The van der Waals surface area contributed by atoms with Gasteiger partial charge in [-0.05, 0) is 25.1 Å². The summed E-state index contributed by atoms with van der Waals surface area (Å²) in [7, 11) is 1.86. The van der Waals surface area contributed by atoms with Crippen LogP contribution in [0, 0.1) is 12.3 Å². The molecule has 0 unspecified atom stereocenters. The van der Waals surface area contributed by atoms with Crippen molar-refractivity contribution in [2.24, 2.45) is 0 Å². The van der Waals surface area contributed by atoms with E-state index in [4.69, 9.17) is 18.0 Å². The summed E-state index contributed by atoms with van der Waals surface area (Å²) in [4.78, 5) is 13.0. The number of benzene rings is 1. The number of carbonyl (C=O) groups excluding carboxylic acids is 1. The number of terminal acetylenes is 1. The number of hydrogen-bond acceptors (Lipinski definition) is 2. The molecule has 0 aliphatic carbocycles. The number of rotatable bonds is 3. The molecule has 3 heteroatoms. The van der Waals surface area contributed by atoms with Crippen LogP contribution in [0.5, 0.6) is 0 Å². The zero-order valence-corrected chi connectivity index (χ0v) is 9.51. The summed E-state index contributed by atoms with van der Waals surface area (Å²) >= 11 is 6.04. The molecule has 0 saturated heterocycles. The third kappa shape index (κ3) is 2.74. The van der Waals surface area contributed by atoms with Crippen molar-refractivity contribution >= 4 is 23.1 Å². The molecule has 0 saturated carbocycles. The number of carbonyl (C=O) groups is 1. The SMILES string of the molecule is C#CCN(C)c1ccc(C(C)=O)cc1Cl. The Bertz CT molecular complexity index is 420. The normalized spacial score (nSPS) is 9.47. The Hall–Kier alpha value is -1.46. The second-order valence-corrected chi connectivity index (χ2v) is 3.69. The maximum absolute atomic E-state index is 11.1. The van der Waals surface area contributed by atoms with E-state index in [-0.39, 0.29) is 5.78 Å². The summed E-state index contributed by atoms with van der Waals surface area (Å²) in [6.45, 7) is 2.00. The van der Waals surface area contributed by atoms with Crippen LogP contribution in [0.15, 0.2) is 18.2 Å². The van der Waals surface area contributed by atoms with Crippen LogP contribution < -0.4 is 4.90 Å². The standard InChI is InChI=1S/C12H12ClNO/c1-4-7-14(3)12-6-5-10(9(2)15)8-11(12)13/h1,5-6,8H,7H2,2-3H3. The van der Waals surface area contributed by atoms with E-state index >= 15 is 0 Å². The van der Waals surface area contributed by atoms with Gasteiger partial charge in [-0.25, -0.2) is 0 Å². The first-order chi connectivity index (χ1) is 7.06. The van der Waals surface area contributed by atoms with Gasteiger partial charge in [0.15, 0.2) is 5.78 Å². The van der Waals surface area contributed by atoms with E-state index in [1.807, 2.05) is 11.9 Å². The molecule has 0 aliphatic heterocycles. The molecule has 0 fully saturated rings. The third-order valence-electron chi connectivity index (χ3n) is 2.09. The van der Waals surface area contributed by atoms with Gasteiger partial charge in [-0.15, -0.1) is 6.42 Å². The predicted molar refractivity (Wildman–Crippen MR) is 63.6 cm³/mol. The van der Waals surface area contributed by atoms with E-state index in [1.165, 1.54) is 6.92 Å². The topological polar surface area (TPSA) is 20.3 Å². The van der Waals surface area contributed by atoms with Crippen LogP contribution in [0.2, 0.25) is 5.02 Å². The summed E-state index contributed by atoms with van der Waals surface area (Å²) in [6, 6.07) is 5.21. The van der Waals surface area contributed by atoms with Crippen molar-refractivity contribution < 1.29 is 4.79 Å². The molecule has 2 nitrogen and oxygen atoms in total. The summed E-state index contributed by atoms with van der Waals surface area (Å²) < 4.78 is 0. The highest BCUT2D eigenvalue weighted by atomic mass is 35.5. The van der Waals surface area contributed by atoms with Gasteiger partial charge in [0, 0.05) is 12.6 Å². The molecule has 0 aliphatic rings. The Balaban J connectivity index is 3.03.